The van der Waals surface area contributed by atoms with E-state index in [4.69, 9.17) is 9.47 Å². The molecule has 0 bridgehead atoms. The van der Waals surface area contributed by atoms with Gasteiger partial charge < -0.3 is 19.9 Å². The van der Waals surface area contributed by atoms with E-state index < -0.39 is 17.2 Å². The number of hydrogen-bond donors (Lipinski definition) is 2. The lowest BCUT2D eigenvalue weighted by Gasteiger charge is -2.33. The Morgan fingerprint density at radius 2 is 1.80 bits per heavy atom. The summed E-state index contributed by atoms with van der Waals surface area (Å²) in [5.74, 6) is -1.46. The van der Waals surface area contributed by atoms with Gasteiger partial charge in [-0.3, -0.25) is 0 Å². The highest BCUT2D eigenvalue weighted by Gasteiger charge is 2.36. The average molecular weight is 287 g/mol. The molecule has 1 fully saturated rings. The first-order valence-corrected chi connectivity index (χ1v) is 6.61. The number of hydrogen-bond acceptors (Lipinski definition) is 4. The van der Waals surface area contributed by atoms with E-state index in [1.165, 1.54) is 7.11 Å². The number of halogens is 2. The van der Waals surface area contributed by atoms with Crippen LogP contribution in [-0.2, 0) is 10.3 Å². The van der Waals surface area contributed by atoms with Crippen LogP contribution in [0.5, 0.6) is 5.75 Å². The number of nitrogens with one attached hydrogen (secondary N) is 1. The molecule has 0 radical (unpaired) electrons. The zero-order valence-electron chi connectivity index (χ0n) is 11.4. The first-order chi connectivity index (χ1) is 9.57. The van der Waals surface area contributed by atoms with Gasteiger partial charge in [0.25, 0.3) is 0 Å². The van der Waals surface area contributed by atoms with Crippen molar-refractivity contribution >= 4 is 0 Å². The summed E-state index contributed by atoms with van der Waals surface area (Å²) in [7, 11) is 1.51. The lowest BCUT2D eigenvalue weighted by Crippen LogP contribution is -2.41. The average Bonchev–Trinajstić information content (AvgIpc) is 2.38. The minimum atomic E-state index is -1.45. The van der Waals surface area contributed by atoms with Crippen LogP contribution in [0.1, 0.15) is 18.4 Å². The summed E-state index contributed by atoms with van der Waals surface area (Å²) in [5.41, 5.74) is -1.72. The summed E-state index contributed by atoms with van der Waals surface area (Å²) >= 11 is 0. The smallest absolute Gasteiger partial charge is 0.135 e. The van der Waals surface area contributed by atoms with Crippen LogP contribution in [0.25, 0.3) is 0 Å². The van der Waals surface area contributed by atoms with Crippen LogP contribution in [0, 0.1) is 11.6 Å². The van der Waals surface area contributed by atoms with E-state index in [2.05, 4.69) is 5.32 Å². The van der Waals surface area contributed by atoms with Crippen molar-refractivity contribution in [1.29, 1.82) is 0 Å². The van der Waals surface area contributed by atoms with Crippen LogP contribution in [0.2, 0.25) is 0 Å². The van der Waals surface area contributed by atoms with Crippen molar-refractivity contribution in [1.82, 2.24) is 5.32 Å². The summed E-state index contributed by atoms with van der Waals surface area (Å²) in [6.07, 6.45) is 0.565. The summed E-state index contributed by atoms with van der Waals surface area (Å²) in [6, 6.07) is 2.21. The molecule has 2 rings (SSSR count). The van der Waals surface area contributed by atoms with Crippen molar-refractivity contribution in [3.63, 3.8) is 0 Å². The van der Waals surface area contributed by atoms with Gasteiger partial charge in [0.1, 0.15) is 24.0 Å². The molecule has 1 saturated heterocycles. The van der Waals surface area contributed by atoms with Crippen LogP contribution in [0.15, 0.2) is 12.1 Å². The SMILES string of the molecule is COCCOc1cc(F)c(C2(O)CCNCC2)c(F)c1. The van der Waals surface area contributed by atoms with Gasteiger partial charge in [0.15, 0.2) is 0 Å². The molecule has 4 nitrogen and oxygen atoms in total. The van der Waals surface area contributed by atoms with Crippen molar-refractivity contribution in [2.45, 2.75) is 18.4 Å². The maximum absolute atomic E-state index is 14.1. The second kappa shape index (κ2) is 6.47. The molecule has 1 aromatic carbocycles. The first-order valence-electron chi connectivity index (χ1n) is 6.61. The molecule has 0 spiro atoms. The molecule has 20 heavy (non-hydrogen) atoms. The van der Waals surface area contributed by atoms with Crippen LogP contribution in [0.3, 0.4) is 0 Å². The van der Waals surface area contributed by atoms with Crippen LogP contribution in [-0.4, -0.2) is 38.5 Å². The molecular formula is C14H19F2NO3. The topological polar surface area (TPSA) is 50.7 Å². The van der Waals surface area contributed by atoms with E-state index in [9.17, 15) is 13.9 Å². The maximum atomic E-state index is 14.1. The Labute approximate surface area is 116 Å². The van der Waals surface area contributed by atoms with Gasteiger partial charge in [-0.25, -0.2) is 8.78 Å². The van der Waals surface area contributed by atoms with Crippen molar-refractivity contribution in [3.05, 3.63) is 29.3 Å². The predicted octanol–water partition coefficient (Wildman–Crippen LogP) is 1.56. The molecule has 112 valence electrons. The number of aliphatic hydroxyl groups is 1. The van der Waals surface area contributed by atoms with Gasteiger partial charge in [-0.05, 0) is 25.9 Å². The van der Waals surface area contributed by atoms with Crippen molar-refractivity contribution in [3.8, 4) is 5.75 Å². The fourth-order valence-corrected chi connectivity index (χ4v) is 2.41. The van der Waals surface area contributed by atoms with Crippen LogP contribution in [0.4, 0.5) is 8.78 Å². The standard InChI is InChI=1S/C14H19F2NO3/c1-19-6-7-20-10-8-11(15)13(12(16)9-10)14(18)2-4-17-5-3-14/h8-9,17-18H,2-7H2,1H3. The third-order valence-corrected chi connectivity index (χ3v) is 3.47. The third kappa shape index (κ3) is 3.26. The van der Waals surface area contributed by atoms with Gasteiger partial charge in [0.2, 0.25) is 0 Å². The van der Waals surface area contributed by atoms with Crippen LogP contribution >= 0.6 is 0 Å². The number of piperidine rings is 1. The van der Waals surface area contributed by atoms with E-state index in [0.29, 0.717) is 19.7 Å². The fourth-order valence-electron chi connectivity index (χ4n) is 2.41. The van der Waals surface area contributed by atoms with Crippen molar-refractivity contribution in [2.75, 3.05) is 33.4 Å². The van der Waals surface area contributed by atoms with Gasteiger partial charge in [0, 0.05) is 19.2 Å². The third-order valence-electron chi connectivity index (χ3n) is 3.47. The Hall–Kier alpha value is -1.24. The lowest BCUT2D eigenvalue weighted by molar-refractivity contribution is -0.000708. The monoisotopic (exact) mass is 287 g/mol. The zero-order valence-corrected chi connectivity index (χ0v) is 11.4. The van der Waals surface area contributed by atoms with E-state index in [1.54, 1.807) is 0 Å². The molecule has 1 aliphatic heterocycles. The molecule has 2 N–H and O–H groups in total. The van der Waals surface area contributed by atoms with Crippen molar-refractivity contribution < 1.29 is 23.4 Å². The molecule has 1 aromatic rings. The Balaban J connectivity index is 2.22. The molecule has 1 aliphatic rings. The molecule has 0 aromatic heterocycles. The number of benzene rings is 1. The minimum Gasteiger partial charge on any atom is -0.491 e. The maximum Gasteiger partial charge on any atom is 0.135 e. The summed E-state index contributed by atoms with van der Waals surface area (Å²) in [4.78, 5) is 0. The Morgan fingerprint density at radius 1 is 1.20 bits per heavy atom. The van der Waals surface area contributed by atoms with E-state index in [0.717, 1.165) is 12.1 Å². The Morgan fingerprint density at radius 3 is 2.35 bits per heavy atom. The Bertz CT molecular complexity index is 439. The quantitative estimate of drug-likeness (QED) is 0.807. The van der Waals surface area contributed by atoms with Gasteiger partial charge >= 0.3 is 0 Å². The highest BCUT2D eigenvalue weighted by Crippen LogP contribution is 2.35. The van der Waals surface area contributed by atoms with Gasteiger partial charge in [-0.2, -0.15) is 0 Å². The van der Waals surface area contributed by atoms with Crippen LogP contribution < -0.4 is 10.1 Å². The molecule has 6 heteroatoms. The second-order valence-electron chi connectivity index (χ2n) is 4.88. The largest absolute Gasteiger partial charge is 0.491 e. The first kappa shape index (κ1) is 15.2. The number of rotatable bonds is 5. The number of methoxy groups -OCH3 is 1. The van der Waals surface area contributed by atoms with Gasteiger partial charge in [-0.1, -0.05) is 0 Å². The zero-order chi connectivity index (χ0) is 14.6. The minimum absolute atomic E-state index is 0.0957. The molecule has 0 unspecified atom stereocenters. The molecule has 0 amide bonds. The lowest BCUT2D eigenvalue weighted by atomic mass is 9.84. The van der Waals surface area contributed by atoms with Crippen molar-refractivity contribution in [2.24, 2.45) is 0 Å². The number of ether oxygens (including phenoxy) is 2. The summed E-state index contributed by atoms with van der Waals surface area (Å²) in [5, 5.41) is 13.5. The molecule has 0 atom stereocenters. The predicted molar refractivity (Wildman–Crippen MR) is 69.7 cm³/mol. The van der Waals surface area contributed by atoms with Gasteiger partial charge in [-0.15, -0.1) is 0 Å². The fraction of sp³-hybridized carbons (Fsp3) is 0.571. The Kier molecular flexibility index (Phi) is 4.91. The summed E-state index contributed by atoms with van der Waals surface area (Å²) in [6.45, 7) is 1.60. The molecule has 0 saturated carbocycles. The van der Waals surface area contributed by atoms with E-state index in [1.807, 2.05) is 0 Å². The second-order valence-corrected chi connectivity index (χ2v) is 4.88. The van der Waals surface area contributed by atoms with Gasteiger partial charge in [0.05, 0.1) is 17.8 Å². The summed E-state index contributed by atoms with van der Waals surface area (Å²) < 4.78 is 38.2. The normalized spacial score (nSPS) is 18.0. The molecular weight excluding hydrogens is 268 g/mol. The van der Waals surface area contributed by atoms with E-state index >= 15 is 0 Å². The highest BCUT2D eigenvalue weighted by atomic mass is 19.1. The van der Waals surface area contributed by atoms with E-state index in [-0.39, 0.29) is 30.8 Å². The molecule has 1 heterocycles. The molecule has 0 aliphatic carbocycles. The highest BCUT2D eigenvalue weighted by molar-refractivity contribution is 5.34.